The molecule has 0 saturated heterocycles. The van der Waals surface area contributed by atoms with Gasteiger partial charge in [0.2, 0.25) is 5.91 Å². The molecule has 0 radical (unpaired) electrons. The number of carbonyl (C=O) groups is 1. The van der Waals surface area contributed by atoms with Crippen molar-refractivity contribution in [3.05, 3.63) is 35.6 Å². The Labute approximate surface area is 108 Å². The van der Waals surface area contributed by atoms with Gasteiger partial charge in [-0.05, 0) is 30.7 Å². The fourth-order valence-corrected chi connectivity index (χ4v) is 1.82. The third kappa shape index (κ3) is 4.45. The first-order valence-corrected chi connectivity index (χ1v) is 6.21. The predicted octanol–water partition coefficient (Wildman–Crippen LogP) is 1.93. The quantitative estimate of drug-likeness (QED) is 0.812. The van der Waals surface area contributed by atoms with Crippen LogP contribution in [0, 0.1) is 17.7 Å². The molecule has 1 aromatic carbocycles. The van der Waals surface area contributed by atoms with Crippen LogP contribution in [0.5, 0.6) is 0 Å². The van der Waals surface area contributed by atoms with Gasteiger partial charge < -0.3 is 10.6 Å². The summed E-state index contributed by atoms with van der Waals surface area (Å²) >= 11 is 0. The normalized spacial score (nSPS) is 12.5. The minimum atomic E-state index is -0.280. The summed E-state index contributed by atoms with van der Waals surface area (Å²) in [5.74, 6) is -0.0745. The Morgan fingerprint density at radius 1 is 1.39 bits per heavy atom. The maximum atomic E-state index is 13.0. The Hall–Kier alpha value is -1.42. The van der Waals surface area contributed by atoms with Crippen LogP contribution in [0.15, 0.2) is 24.3 Å². The molecular formula is C14H21FN2O. The maximum Gasteiger partial charge on any atom is 0.224 e. The average Bonchev–Trinajstić information content (AvgIpc) is 2.32. The molecule has 0 saturated carbocycles. The zero-order valence-electron chi connectivity index (χ0n) is 11.2. The Morgan fingerprint density at radius 2 is 2.11 bits per heavy atom. The number of halogens is 1. The molecule has 100 valence electrons. The van der Waals surface area contributed by atoms with Crippen LogP contribution in [-0.2, 0) is 11.3 Å². The molecule has 4 heteroatoms. The molecular weight excluding hydrogens is 231 g/mol. The van der Waals surface area contributed by atoms with Gasteiger partial charge in [0.1, 0.15) is 5.82 Å². The van der Waals surface area contributed by atoms with Crippen LogP contribution in [0.4, 0.5) is 4.39 Å². The molecule has 18 heavy (non-hydrogen) atoms. The second-order valence-electron chi connectivity index (χ2n) is 4.76. The summed E-state index contributed by atoms with van der Waals surface area (Å²) in [4.78, 5) is 12.0. The van der Waals surface area contributed by atoms with Gasteiger partial charge in [-0.2, -0.15) is 0 Å². The molecule has 0 bridgehead atoms. The molecule has 1 unspecified atom stereocenters. The van der Waals surface area contributed by atoms with Crippen molar-refractivity contribution in [1.82, 2.24) is 10.6 Å². The summed E-state index contributed by atoms with van der Waals surface area (Å²) in [5, 5.41) is 5.86. The smallest absolute Gasteiger partial charge is 0.224 e. The number of amides is 1. The van der Waals surface area contributed by atoms with Crippen molar-refractivity contribution in [1.29, 1.82) is 0 Å². The summed E-state index contributed by atoms with van der Waals surface area (Å²) in [6.45, 7) is 5.05. The van der Waals surface area contributed by atoms with Gasteiger partial charge in [-0.3, -0.25) is 4.79 Å². The van der Waals surface area contributed by atoms with E-state index in [2.05, 4.69) is 10.6 Å². The molecule has 1 atom stereocenters. The first-order chi connectivity index (χ1) is 8.54. The molecule has 2 N–H and O–H groups in total. The molecule has 0 spiro atoms. The van der Waals surface area contributed by atoms with E-state index in [1.165, 1.54) is 12.1 Å². The molecule has 1 amide bonds. The van der Waals surface area contributed by atoms with E-state index in [-0.39, 0.29) is 23.6 Å². The lowest BCUT2D eigenvalue weighted by atomic mass is 9.95. The van der Waals surface area contributed by atoms with E-state index in [0.29, 0.717) is 13.1 Å². The third-order valence-corrected chi connectivity index (χ3v) is 2.92. The zero-order valence-corrected chi connectivity index (χ0v) is 11.2. The van der Waals surface area contributed by atoms with E-state index < -0.39 is 0 Å². The standard InChI is InChI=1S/C14H21FN2O/c1-10(2)13(9-16-3)14(18)17-8-11-5-4-6-12(15)7-11/h4-7,10,13,16H,8-9H2,1-3H3,(H,17,18). The van der Waals surface area contributed by atoms with Crippen LogP contribution in [0.3, 0.4) is 0 Å². The molecule has 0 aliphatic rings. The summed E-state index contributed by atoms with van der Waals surface area (Å²) < 4.78 is 13.0. The van der Waals surface area contributed by atoms with Crippen LogP contribution in [0.25, 0.3) is 0 Å². The van der Waals surface area contributed by atoms with Crippen molar-refractivity contribution in [3.63, 3.8) is 0 Å². The van der Waals surface area contributed by atoms with E-state index in [4.69, 9.17) is 0 Å². The highest BCUT2D eigenvalue weighted by Gasteiger charge is 2.20. The van der Waals surface area contributed by atoms with Crippen molar-refractivity contribution in [3.8, 4) is 0 Å². The minimum Gasteiger partial charge on any atom is -0.352 e. The fourth-order valence-electron chi connectivity index (χ4n) is 1.82. The molecule has 0 aliphatic carbocycles. The highest BCUT2D eigenvalue weighted by atomic mass is 19.1. The topological polar surface area (TPSA) is 41.1 Å². The molecule has 0 aliphatic heterocycles. The van der Waals surface area contributed by atoms with E-state index in [1.807, 2.05) is 20.9 Å². The number of carbonyl (C=O) groups excluding carboxylic acids is 1. The number of nitrogens with one attached hydrogen (secondary N) is 2. The van der Waals surface area contributed by atoms with Crippen molar-refractivity contribution in [2.45, 2.75) is 20.4 Å². The maximum absolute atomic E-state index is 13.0. The molecule has 0 heterocycles. The SMILES string of the molecule is CNCC(C(=O)NCc1cccc(F)c1)C(C)C. The van der Waals surface area contributed by atoms with Gasteiger partial charge in [0.25, 0.3) is 0 Å². The van der Waals surface area contributed by atoms with Crippen LogP contribution >= 0.6 is 0 Å². The summed E-state index contributed by atoms with van der Waals surface area (Å²) in [6, 6.07) is 6.27. The first kappa shape index (κ1) is 14.6. The van der Waals surface area contributed by atoms with E-state index >= 15 is 0 Å². The number of hydrogen-bond acceptors (Lipinski definition) is 2. The Kier molecular flexibility index (Phi) is 5.78. The Morgan fingerprint density at radius 3 is 2.67 bits per heavy atom. The zero-order chi connectivity index (χ0) is 13.5. The van der Waals surface area contributed by atoms with E-state index in [1.54, 1.807) is 12.1 Å². The van der Waals surface area contributed by atoms with Gasteiger partial charge in [0.15, 0.2) is 0 Å². The highest BCUT2D eigenvalue weighted by molar-refractivity contribution is 5.79. The van der Waals surface area contributed by atoms with Crippen LogP contribution in [0.1, 0.15) is 19.4 Å². The highest BCUT2D eigenvalue weighted by Crippen LogP contribution is 2.10. The third-order valence-electron chi connectivity index (χ3n) is 2.92. The predicted molar refractivity (Wildman–Crippen MR) is 70.5 cm³/mol. The monoisotopic (exact) mass is 252 g/mol. The molecule has 3 nitrogen and oxygen atoms in total. The van der Waals surface area contributed by atoms with E-state index in [9.17, 15) is 9.18 Å². The van der Waals surface area contributed by atoms with Crippen molar-refractivity contribution in [2.75, 3.05) is 13.6 Å². The van der Waals surface area contributed by atoms with Gasteiger partial charge in [-0.25, -0.2) is 4.39 Å². The largest absolute Gasteiger partial charge is 0.352 e. The summed E-state index contributed by atoms with van der Waals surface area (Å²) in [5.41, 5.74) is 0.773. The lowest BCUT2D eigenvalue weighted by Gasteiger charge is -2.19. The van der Waals surface area contributed by atoms with Gasteiger partial charge in [-0.15, -0.1) is 0 Å². The lowest BCUT2D eigenvalue weighted by Crippen LogP contribution is -2.38. The van der Waals surface area contributed by atoms with Crippen LogP contribution in [-0.4, -0.2) is 19.5 Å². The molecule has 1 aromatic rings. The van der Waals surface area contributed by atoms with Gasteiger partial charge >= 0.3 is 0 Å². The second kappa shape index (κ2) is 7.11. The average molecular weight is 252 g/mol. The Bertz CT molecular complexity index is 393. The Balaban J connectivity index is 2.54. The minimum absolute atomic E-state index is 0.00334. The molecule has 0 aromatic heterocycles. The van der Waals surface area contributed by atoms with Gasteiger partial charge in [-0.1, -0.05) is 26.0 Å². The second-order valence-corrected chi connectivity index (χ2v) is 4.76. The summed E-state index contributed by atoms with van der Waals surface area (Å²) in [7, 11) is 1.83. The van der Waals surface area contributed by atoms with Crippen molar-refractivity contribution in [2.24, 2.45) is 11.8 Å². The fraction of sp³-hybridized carbons (Fsp3) is 0.500. The number of hydrogen-bond donors (Lipinski definition) is 2. The van der Waals surface area contributed by atoms with Crippen molar-refractivity contribution < 1.29 is 9.18 Å². The van der Waals surface area contributed by atoms with Gasteiger partial charge in [0, 0.05) is 13.1 Å². The number of benzene rings is 1. The summed E-state index contributed by atoms with van der Waals surface area (Å²) in [6.07, 6.45) is 0. The van der Waals surface area contributed by atoms with Crippen LogP contribution < -0.4 is 10.6 Å². The lowest BCUT2D eigenvalue weighted by molar-refractivity contribution is -0.126. The van der Waals surface area contributed by atoms with Crippen LogP contribution in [0.2, 0.25) is 0 Å². The van der Waals surface area contributed by atoms with Crippen molar-refractivity contribution >= 4 is 5.91 Å². The first-order valence-electron chi connectivity index (χ1n) is 6.21. The van der Waals surface area contributed by atoms with Gasteiger partial charge in [0.05, 0.1) is 5.92 Å². The molecule has 1 rings (SSSR count). The molecule has 0 fully saturated rings. The number of rotatable bonds is 6. The van der Waals surface area contributed by atoms with E-state index in [0.717, 1.165) is 5.56 Å².